The Balaban J connectivity index is 1.78. The summed E-state index contributed by atoms with van der Waals surface area (Å²) in [5.41, 5.74) is 2.44. The van der Waals surface area contributed by atoms with Crippen LogP contribution in [0.5, 0.6) is 11.5 Å². The molecule has 3 aromatic rings. The molecule has 9 heteroatoms. The Bertz CT molecular complexity index is 1260. The third kappa shape index (κ3) is 4.74. The van der Waals surface area contributed by atoms with Crippen molar-refractivity contribution >= 4 is 29.3 Å². The Morgan fingerprint density at radius 2 is 1.74 bits per heavy atom. The predicted octanol–water partition coefficient (Wildman–Crippen LogP) is 5.46. The fraction of sp³-hybridized carbons (Fsp3) is 0.231. The topological polar surface area (TPSA) is 77.1 Å². The summed E-state index contributed by atoms with van der Waals surface area (Å²) in [6.45, 7) is 0.292. The number of benzene rings is 3. The van der Waals surface area contributed by atoms with E-state index >= 15 is 4.39 Å². The molecule has 2 amide bonds. The van der Waals surface area contributed by atoms with E-state index in [1.165, 1.54) is 37.3 Å². The normalized spacial score (nSPS) is 14.7. The number of amides is 2. The predicted molar refractivity (Wildman–Crippen MR) is 130 cm³/mol. The first-order valence-electron chi connectivity index (χ1n) is 10.8. The lowest BCUT2D eigenvalue weighted by atomic mass is 9.87. The number of rotatable bonds is 5. The van der Waals surface area contributed by atoms with Crippen LogP contribution in [0.3, 0.4) is 0 Å². The number of fused-ring (bicyclic) bond motifs is 1. The average molecular weight is 499 g/mol. The summed E-state index contributed by atoms with van der Waals surface area (Å²) in [6, 6.07) is 13.1. The van der Waals surface area contributed by atoms with Crippen LogP contribution in [0, 0.1) is 5.82 Å². The molecule has 182 valence electrons. The van der Waals surface area contributed by atoms with Crippen molar-refractivity contribution in [1.82, 2.24) is 4.90 Å². The Hall–Kier alpha value is -3.78. The van der Waals surface area contributed by atoms with E-state index in [4.69, 9.17) is 25.8 Å². The van der Waals surface area contributed by atoms with Gasteiger partial charge in [-0.15, -0.1) is 0 Å². The highest BCUT2D eigenvalue weighted by atomic mass is 35.5. The molecule has 1 atom stereocenters. The number of esters is 1. The second-order valence-electron chi connectivity index (χ2n) is 7.89. The van der Waals surface area contributed by atoms with Crippen molar-refractivity contribution in [3.05, 3.63) is 87.7 Å². The molecule has 1 heterocycles. The summed E-state index contributed by atoms with van der Waals surface area (Å²) in [7, 11) is 4.34. The highest BCUT2D eigenvalue weighted by Crippen LogP contribution is 2.43. The van der Waals surface area contributed by atoms with Crippen LogP contribution in [-0.4, -0.2) is 44.8 Å². The van der Waals surface area contributed by atoms with Crippen LogP contribution in [0.2, 0.25) is 5.02 Å². The minimum atomic E-state index is -0.823. The molecule has 0 unspecified atom stereocenters. The first kappa shape index (κ1) is 24.3. The van der Waals surface area contributed by atoms with Gasteiger partial charge in [-0.1, -0.05) is 23.7 Å². The first-order valence-corrected chi connectivity index (χ1v) is 11.2. The van der Waals surface area contributed by atoms with Crippen LogP contribution in [0.15, 0.2) is 54.6 Å². The summed E-state index contributed by atoms with van der Waals surface area (Å²) in [5.74, 6) is -0.0559. The van der Waals surface area contributed by atoms with Gasteiger partial charge >= 0.3 is 12.0 Å². The quantitative estimate of drug-likeness (QED) is 0.472. The van der Waals surface area contributed by atoms with Gasteiger partial charge in [0.1, 0.15) is 5.82 Å². The van der Waals surface area contributed by atoms with Crippen LogP contribution in [-0.2, 0) is 11.2 Å². The first-order chi connectivity index (χ1) is 16.9. The molecule has 0 saturated heterocycles. The summed E-state index contributed by atoms with van der Waals surface area (Å²) >= 11 is 6.46. The molecule has 3 aromatic carbocycles. The molecule has 0 saturated carbocycles. The molecule has 0 spiro atoms. The Labute approximate surface area is 207 Å². The molecule has 7 nitrogen and oxygen atoms in total. The van der Waals surface area contributed by atoms with Gasteiger partial charge in [0.25, 0.3) is 0 Å². The van der Waals surface area contributed by atoms with Gasteiger partial charge in [-0.3, -0.25) is 0 Å². The smallest absolute Gasteiger partial charge is 0.337 e. The SMILES string of the molecule is COC(=O)c1cccc(NC(=O)N2CCc3cc(OC)c(OC)cc3[C@H]2c2c(F)cccc2Cl)c1. The van der Waals surface area contributed by atoms with Gasteiger partial charge in [-0.05, 0) is 60.0 Å². The van der Waals surface area contributed by atoms with E-state index in [0.717, 1.165) is 5.56 Å². The van der Waals surface area contributed by atoms with E-state index in [1.54, 1.807) is 37.4 Å². The molecule has 0 fully saturated rings. The third-order valence-corrected chi connectivity index (χ3v) is 6.27. The number of hydrogen-bond acceptors (Lipinski definition) is 5. The molecule has 0 bridgehead atoms. The number of halogens is 2. The second kappa shape index (κ2) is 10.2. The second-order valence-corrected chi connectivity index (χ2v) is 8.30. The summed E-state index contributed by atoms with van der Waals surface area (Å²) in [6.07, 6.45) is 0.508. The van der Waals surface area contributed by atoms with Crippen LogP contribution in [0.1, 0.15) is 33.1 Å². The molecule has 4 rings (SSSR count). The molecule has 0 radical (unpaired) electrons. The average Bonchev–Trinajstić information content (AvgIpc) is 2.87. The van der Waals surface area contributed by atoms with Crippen LogP contribution >= 0.6 is 11.6 Å². The molecule has 0 aliphatic carbocycles. The Kier molecular flexibility index (Phi) is 7.12. The lowest BCUT2D eigenvalue weighted by Gasteiger charge is -2.38. The van der Waals surface area contributed by atoms with Crippen molar-refractivity contribution < 1.29 is 28.2 Å². The lowest BCUT2D eigenvalue weighted by molar-refractivity contribution is 0.0600. The minimum absolute atomic E-state index is 0.181. The Morgan fingerprint density at radius 1 is 1.03 bits per heavy atom. The summed E-state index contributed by atoms with van der Waals surface area (Å²) in [5, 5.41) is 3.01. The van der Waals surface area contributed by atoms with Crippen molar-refractivity contribution in [2.45, 2.75) is 12.5 Å². The Morgan fingerprint density at radius 3 is 2.43 bits per heavy atom. The zero-order valence-corrected chi connectivity index (χ0v) is 20.2. The molecule has 1 aliphatic rings. The zero-order valence-electron chi connectivity index (χ0n) is 19.4. The van der Waals surface area contributed by atoms with E-state index in [2.05, 4.69) is 5.32 Å². The molecule has 35 heavy (non-hydrogen) atoms. The van der Waals surface area contributed by atoms with Crippen LogP contribution in [0.4, 0.5) is 14.9 Å². The molecule has 1 N–H and O–H groups in total. The molecular formula is C26H24ClFN2O5. The number of ether oxygens (including phenoxy) is 3. The number of anilines is 1. The minimum Gasteiger partial charge on any atom is -0.493 e. The summed E-state index contributed by atoms with van der Waals surface area (Å²) < 4.78 is 30.8. The van der Waals surface area contributed by atoms with E-state index in [9.17, 15) is 9.59 Å². The molecule has 0 aromatic heterocycles. The van der Waals surface area contributed by atoms with Crippen molar-refractivity contribution in [3.63, 3.8) is 0 Å². The van der Waals surface area contributed by atoms with Gasteiger partial charge < -0.3 is 24.4 Å². The number of nitrogens with one attached hydrogen (secondary N) is 1. The maximum absolute atomic E-state index is 15.2. The number of carbonyl (C=O) groups is 2. The van der Waals surface area contributed by atoms with E-state index in [0.29, 0.717) is 41.3 Å². The fourth-order valence-corrected chi connectivity index (χ4v) is 4.55. The van der Waals surface area contributed by atoms with Crippen LogP contribution < -0.4 is 14.8 Å². The van der Waals surface area contributed by atoms with E-state index < -0.39 is 23.9 Å². The number of methoxy groups -OCH3 is 3. The monoisotopic (exact) mass is 498 g/mol. The van der Waals surface area contributed by atoms with Crippen molar-refractivity contribution in [2.75, 3.05) is 33.2 Å². The van der Waals surface area contributed by atoms with Gasteiger partial charge in [0.05, 0.1) is 32.9 Å². The van der Waals surface area contributed by atoms with Gasteiger partial charge in [0.2, 0.25) is 0 Å². The molecular weight excluding hydrogens is 475 g/mol. The van der Waals surface area contributed by atoms with Gasteiger partial charge in [0, 0.05) is 22.8 Å². The van der Waals surface area contributed by atoms with Gasteiger partial charge in [0.15, 0.2) is 11.5 Å². The number of hydrogen-bond donors (Lipinski definition) is 1. The maximum Gasteiger partial charge on any atom is 0.337 e. The van der Waals surface area contributed by atoms with Gasteiger partial charge in [-0.2, -0.15) is 0 Å². The van der Waals surface area contributed by atoms with E-state index in [-0.39, 0.29) is 10.6 Å². The third-order valence-electron chi connectivity index (χ3n) is 5.94. The highest BCUT2D eigenvalue weighted by Gasteiger charge is 2.36. The maximum atomic E-state index is 15.2. The van der Waals surface area contributed by atoms with Crippen LogP contribution in [0.25, 0.3) is 0 Å². The van der Waals surface area contributed by atoms with Crippen molar-refractivity contribution in [3.8, 4) is 11.5 Å². The van der Waals surface area contributed by atoms with Gasteiger partial charge in [-0.25, -0.2) is 14.0 Å². The lowest BCUT2D eigenvalue weighted by Crippen LogP contribution is -2.43. The largest absolute Gasteiger partial charge is 0.493 e. The number of urea groups is 1. The number of carbonyl (C=O) groups excluding carboxylic acids is 2. The number of nitrogens with zero attached hydrogens (tertiary/aromatic N) is 1. The molecule has 1 aliphatic heterocycles. The highest BCUT2D eigenvalue weighted by molar-refractivity contribution is 6.31. The summed E-state index contributed by atoms with van der Waals surface area (Å²) in [4.78, 5) is 26.9. The standard InChI is InChI=1S/C26H24ClFN2O5/c1-33-21-13-15-10-11-30(26(32)29-17-7-4-6-16(12-17)25(31)35-3)24(18(15)14-22(21)34-2)23-19(27)8-5-9-20(23)28/h4-9,12-14,24H,10-11H2,1-3H3,(H,29,32)/t24-/m0/s1. The zero-order chi connectivity index (χ0) is 25.1. The van der Waals surface area contributed by atoms with E-state index in [1.807, 2.05) is 6.07 Å². The fourth-order valence-electron chi connectivity index (χ4n) is 4.28. The van der Waals surface area contributed by atoms with Crippen molar-refractivity contribution in [1.29, 1.82) is 0 Å². The van der Waals surface area contributed by atoms with Crippen molar-refractivity contribution in [2.24, 2.45) is 0 Å².